The maximum absolute atomic E-state index is 13.3. The normalized spacial score (nSPS) is 10.2. The van der Waals surface area contributed by atoms with Crippen LogP contribution in [0.1, 0.15) is 10.4 Å². The maximum Gasteiger partial charge on any atom is 0.285 e. The second-order valence-electron chi connectivity index (χ2n) is 4.22. The molecule has 0 radical (unpaired) electrons. The Bertz CT molecular complexity index is 706. The van der Waals surface area contributed by atoms with E-state index in [9.17, 15) is 19.3 Å². The first kappa shape index (κ1) is 14.4. The molecular formula is C13H11FN4O3. The number of hydrogen-bond acceptors (Lipinski definition) is 5. The summed E-state index contributed by atoms with van der Waals surface area (Å²) in [4.78, 5) is 27.5. The average molecular weight is 290 g/mol. The Morgan fingerprint density at radius 2 is 2.19 bits per heavy atom. The Labute approximate surface area is 119 Å². The lowest BCUT2D eigenvalue weighted by molar-refractivity contribution is -0.385. The molecule has 108 valence electrons. The van der Waals surface area contributed by atoms with Crippen molar-refractivity contribution in [1.82, 2.24) is 4.98 Å². The van der Waals surface area contributed by atoms with Gasteiger partial charge in [-0.3, -0.25) is 19.9 Å². The first-order valence-electron chi connectivity index (χ1n) is 5.83. The van der Waals surface area contributed by atoms with Crippen molar-refractivity contribution in [3.05, 3.63) is 58.2 Å². The van der Waals surface area contributed by atoms with Gasteiger partial charge in [-0.15, -0.1) is 0 Å². The molecule has 0 saturated carbocycles. The molecule has 2 N–H and O–H groups in total. The van der Waals surface area contributed by atoms with Crippen LogP contribution >= 0.6 is 0 Å². The van der Waals surface area contributed by atoms with Crippen LogP contribution in [0.25, 0.3) is 0 Å². The van der Waals surface area contributed by atoms with E-state index in [1.54, 1.807) is 12.1 Å². The summed E-state index contributed by atoms with van der Waals surface area (Å²) in [6.45, 7) is 0. The Balaban J connectivity index is 2.48. The zero-order valence-electron chi connectivity index (χ0n) is 11.0. The van der Waals surface area contributed by atoms with Crippen LogP contribution < -0.4 is 10.6 Å². The number of nitro benzene ring substituents is 1. The number of benzene rings is 1. The van der Waals surface area contributed by atoms with E-state index in [4.69, 9.17) is 5.73 Å². The lowest BCUT2D eigenvalue weighted by Gasteiger charge is -2.17. The van der Waals surface area contributed by atoms with Crippen LogP contribution in [-0.2, 0) is 0 Å². The fraction of sp³-hybridized carbons (Fsp3) is 0.0769. The van der Waals surface area contributed by atoms with Crippen LogP contribution in [0.15, 0.2) is 36.7 Å². The maximum atomic E-state index is 13.3. The highest BCUT2D eigenvalue weighted by atomic mass is 19.1. The lowest BCUT2D eigenvalue weighted by atomic mass is 10.1. The minimum absolute atomic E-state index is 0.287. The van der Waals surface area contributed by atoms with E-state index in [-0.39, 0.29) is 11.3 Å². The van der Waals surface area contributed by atoms with Gasteiger partial charge in [-0.05, 0) is 18.2 Å². The zero-order chi connectivity index (χ0) is 15.6. The van der Waals surface area contributed by atoms with Crippen molar-refractivity contribution < 1.29 is 14.1 Å². The van der Waals surface area contributed by atoms with Gasteiger partial charge in [-0.2, -0.15) is 0 Å². The van der Waals surface area contributed by atoms with Crippen molar-refractivity contribution in [3.8, 4) is 0 Å². The van der Waals surface area contributed by atoms with Crippen molar-refractivity contribution >= 4 is 23.0 Å². The predicted molar refractivity (Wildman–Crippen MR) is 74.4 cm³/mol. The quantitative estimate of drug-likeness (QED) is 0.529. The molecule has 21 heavy (non-hydrogen) atoms. The summed E-state index contributed by atoms with van der Waals surface area (Å²) >= 11 is 0. The smallest absolute Gasteiger partial charge is 0.285 e. The van der Waals surface area contributed by atoms with Gasteiger partial charge in [0.05, 0.1) is 28.6 Å². The lowest BCUT2D eigenvalue weighted by Crippen LogP contribution is -2.27. The van der Waals surface area contributed by atoms with E-state index in [0.29, 0.717) is 11.8 Å². The largest absolute Gasteiger partial charge is 0.396 e. The van der Waals surface area contributed by atoms with Crippen LogP contribution in [-0.4, -0.2) is 22.9 Å². The number of amides is 1. The van der Waals surface area contributed by atoms with Gasteiger partial charge in [-0.1, -0.05) is 0 Å². The average Bonchev–Trinajstić information content (AvgIpc) is 2.48. The zero-order valence-corrected chi connectivity index (χ0v) is 11.0. The van der Waals surface area contributed by atoms with Crippen molar-refractivity contribution in [2.75, 3.05) is 17.7 Å². The molecule has 0 aliphatic rings. The molecule has 0 unspecified atom stereocenters. The molecule has 0 spiro atoms. The Hall–Kier alpha value is -3.03. The standard InChI is InChI=1S/C13H11FN4O3/c1-17(8-3-2-4-16-7-8)13(19)9-5-11(15)10(14)6-12(9)18(20)21/h2-7H,15H2,1H3. The molecule has 0 saturated heterocycles. The molecule has 0 bridgehead atoms. The van der Waals surface area contributed by atoms with Gasteiger partial charge in [0.1, 0.15) is 5.56 Å². The number of nitrogen functional groups attached to an aromatic ring is 1. The molecule has 8 heteroatoms. The Morgan fingerprint density at radius 1 is 1.48 bits per heavy atom. The molecule has 1 amide bonds. The van der Waals surface area contributed by atoms with Crippen LogP contribution in [0, 0.1) is 15.9 Å². The summed E-state index contributed by atoms with van der Waals surface area (Å²) in [5, 5.41) is 11.0. The van der Waals surface area contributed by atoms with Crippen LogP contribution in [0.2, 0.25) is 0 Å². The number of halogens is 1. The topological polar surface area (TPSA) is 102 Å². The van der Waals surface area contributed by atoms with Gasteiger partial charge in [0.15, 0.2) is 5.82 Å². The number of hydrogen-bond donors (Lipinski definition) is 1. The SMILES string of the molecule is CN(C(=O)c1cc(N)c(F)cc1[N+](=O)[O-])c1cccnc1. The van der Waals surface area contributed by atoms with Gasteiger partial charge in [0.2, 0.25) is 0 Å². The van der Waals surface area contributed by atoms with Crippen LogP contribution in [0.4, 0.5) is 21.5 Å². The fourth-order valence-corrected chi connectivity index (χ4v) is 1.75. The summed E-state index contributed by atoms with van der Waals surface area (Å²) in [6.07, 6.45) is 2.96. The highest BCUT2D eigenvalue weighted by Crippen LogP contribution is 2.26. The highest BCUT2D eigenvalue weighted by Gasteiger charge is 2.26. The molecule has 1 aromatic carbocycles. The number of carbonyl (C=O) groups is 1. The van der Waals surface area contributed by atoms with Crippen molar-refractivity contribution in [3.63, 3.8) is 0 Å². The van der Waals surface area contributed by atoms with Gasteiger partial charge in [0.25, 0.3) is 11.6 Å². The minimum Gasteiger partial charge on any atom is -0.396 e. The third-order valence-corrected chi connectivity index (χ3v) is 2.88. The van der Waals surface area contributed by atoms with Gasteiger partial charge >= 0.3 is 0 Å². The number of nitro groups is 1. The third-order valence-electron chi connectivity index (χ3n) is 2.88. The Morgan fingerprint density at radius 3 is 2.76 bits per heavy atom. The highest BCUT2D eigenvalue weighted by molar-refractivity contribution is 6.08. The molecule has 0 aliphatic heterocycles. The Kier molecular flexibility index (Phi) is 3.79. The predicted octanol–water partition coefficient (Wildman–Crippen LogP) is 1.99. The fourth-order valence-electron chi connectivity index (χ4n) is 1.75. The number of carbonyl (C=O) groups excluding carboxylic acids is 1. The molecule has 0 aliphatic carbocycles. The molecule has 0 fully saturated rings. The summed E-state index contributed by atoms with van der Waals surface area (Å²) < 4.78 is 13.3. The summed E-state index contributed by atoms with van der Waals surface area (Å²) in [5.74, 6) is -1.62. The monoisotopic (exact) mass is 290 g/mol. The summed E-state index contributed by atoms with van der Waals surface area (Å²) in [5.41, 5.74) is 4.58. The molecule has 1 heterocycles. The van der Waals surface area contributed by atoms with E-state index in [0.717, 1.165) is 6.07 Å². The van der Waals surface area contributed by atoms with E-state index in [2.05, 4.69) is 4.98 Å². The first-order valence-corrected chi connectivity index (χ1v) is 5.83. The van der Waals surface area contributed by atoms with E-state index >= 15 is 0 Å². The second kappa shape index (κ2) is 5.53. The molecule has 0 atom stereocenters. The van der Waals surface area contributed by atoms with Crippen molar-refractivity contribution in [1.29, 1.82) is 0 Å². The number of pyridine rings is 1. The number of aromatic nitrogens is 1. The van der Waals surface area contributed by atoms with Gasteiger partial charge < -0.3 is 10.6 Å². The van der Waals surface area contributed by atoms with Crippen molar-refractivity contribution in [2.45, 2.75) is 0 Å². The first-order chi connectivity index (χ1) is 9.91. The van der Waals surface area contributed by atoms with E-state index in [1.807, 2.05) is 0 Å². The van der Waals surface area contributed by atoms with Crippen LogP contribution in [0.5, 0.6) is 0 Å². The number of nitrogens with two attached hydrogens (primary N) is 1. The van der Waals surface area contributed by atoms with E-state index in [1.165, 1.54) is 24.3 Å². The molecular weight excluding hydrogens is 279 g/mol. The number of rotatable bonds is 3. The molecule has 7 nitrogen and oxygen atoms in total. The number of anilines is 2. The second-order valence-corrected chi connectivity index (χ2v) is 4.22. The van der Waals surface area contributed by atoms with Crippen molar-refractivity contribution in [2.24, 2.45) is 0 Å². The molecule has 2 rings (SSSR count). The molecule has 1 aromatic heterocycles. The summed E-state index contributed by atoms with van der Waals surface area (Å²) in [7, 11) is 1.43. The summed E-state index contributed by atoms with van der Waals surface area (Å²) in [6, 6.07) is 4.83. The third kappa shape index (κ3) is 2.78. The van der Waals surface area contributed by atoms with Gasteiger partial charge in [-0.25, -0.2) is 4.39 Å². The minimum atomic E-state index is -0.942. The number of nitrogens with zero attached hydrogens (tertiary/aromatic N) is 3. The molecule has 2 aromatic rings. The van der Waals surface area contributed by atoms with Crippen LogP contribution in [0.3, 0.4) is 0 Å². The van der Waals surface area contributed by atoms with Gasteiger partial charge in [0, 0.05) is 13.2 Å². The van der Waals surface area contributed by atoms with E-state index < -0.39 is 22.3 Å².